The molecule has 0 atom stereocenters. The van der Waals surface area contributed by atoms with E-state index < -0.39 is 0 Å². The Hall–Kier alpha value is 1.81. The van der Waals surface area contributed by atoms with E-state index in [2.05, 4.69) is 33.7 Å². The monoisotopic (exact) mass is 316 g/mol. The Labute approximate surface area is 65.0 Å². The summed E-state index contributed by atoms with van der Waals surface area (Å²) in [5, 5.41) is 0. The van der Waals surface area contributed by atoms with Crippen molar-refractivity contribution >= 4 is 29.3 Å². The second-order valence-corrected chi connectivity index (χ2v) is 7.44. The number of hydrogen-bond donors (Lipinski definition) is 0. The third-order valence-corrected chi connectivity index (χ3v) is 0. The molecule has 34 valence electrons. The van der Waals surface area contributed by atoms with Crippen molar-refractivity contribution < 1.29 is 24.0 Å². The standard InChI is InChI=1S/C2H6IS.HI/c1-4(2)3;/h1-2H3;1H/q+1;/p-1. The molecule has 0 nitrogen and oxygen atoms in total. The van der Waals surface area contributed by atoms with Crippen molar-refractivity contribution in [1.82, 2.24) is 0 Å². The van der Waals surface area contributed by atoms with E-state index in [-0.39, 0.29) is 24.0 Å². The van der Waals surface area contributed by atoms with E-state index in [1.165, 1.54) is 0 Å². The van der Waals surface area contributed by atoms with Crippen LogP contribution in [0.4, 0.5) is 0 Å². The predicted molar refractivity (Wildman–Crippen MR) is 33.2 cm³/mol. The summed E-state index contributed by atoms with van der Waals surface area (Å²) in [7, 11) is 0.609. The molecule has 0 rings (SSSR count). The Kier molecular flexibility index (Phi) is 11.5. The van der Waals surface area contributed by atoms with Crippen LogP contribution in [-0.2, 0) is 8.07 Å². The molecule has 3 heteroatoms. The molecule has 0 heterocycles. The summed E-state index contributed by atoms with van der Waals surface area (Å²) in [5.41, 5.74) is 0. The highest BCUT2D eigenvalue weighted by atomic mass is 127. The molecule has 0 aliphatic rings. The van der Waals surface area contributed by atoms with Crippen LogP contribution in [0.2, 0.25) is 0 Å². The van der Waals surface area contributed by atoms with Gasteiger partial charge in [0.05, 0.1) is 0 Å². The van der Waals surface area contributed by atoms with Crippen LogP contribution in [0.25, 0.3) is 0 Å². The van der Waals surface area contributed by atoms with Crippen molar-refractivity contribution in [2.75, 3.05) is 12.5 Å². The Morgan fingerprint density at radius 2 is 1.40 bits per heavy atom. The summed E-state index contributed by atoms with van der Waals surface area (Å²) in [6.07, 6.45) is 4.36. The smallest absolute Gasteiger partial charge is 0.249 e. The van der Waals surface area contributed by atoms with Crippen LogP contribution in [0.1, 0.15) is 0 Å². The van der Waals surface area contributed by atoms with Gasteiger partial charge in [0.25, 0.3) is 0 Å². The SMILES string of the molecule is C[S+](C)I.[I-]. The highest BCUT2D eigenvalue weighted by molar-refractivity contribution is 14.2. The van der Waals surface area contributed by atoms with Crippen molar-refractivity contribution in [3.8, 4) is 0 Å². The lowest BCUT2D eigenvalue weighted by molar-refractivity contribution is -0.000000804. The third-order valence-electron chi connectivity index (χ3n) is 0. The van der Waals surface area contributed by atoms with E-state index in [1.54, 1.807) is 0 Å². The van der Waals surface area contributed by atoms with Crippen LogP contribution in [0.5, 0.6) is 0 Å². The Bertz CT molecular complexity index is 12.4. The molecule has 0 saturated heterocycles. The van der Waals surface area contributed by atoms with Crippen molar-refractivity contribution in [3.63, 3.8) is 0 Å². The Morgan fingerprint density at radius 3 is 1.40 bits per heavy atom. The average Bonchev–Trinajstić information content (AvgIpc) is 0.811. The fourth-order valence-electron chi connectivity index (χ4n) is 0. The summed E-state index contributed by atoms with van der Waals surface area (Å²) in [6.45, 7) is 0. The van der Waals surface area contributed by atoms with Crippen LogP contribution < -0.4 is 24.0 Å². The van der Waals surface area contributed by atoms with E-state index in [0.717, 1.165) is 0 Å². The molecule has 0 aliphatic heterocycles. The third kappa shape index (κ3) is 25.7. The zero-order valence-corrected chi connectivity index (χ0v) is 8.30. The summed E-state index contributed by atoms with van der Waals surface area (Å²) in [6, 6.07) is 0. The quantitative estimate of drug-likeness (QED) is 0.366. The molecule has 0 aromatic rings. The first-order valence-corrected chi connectivity index (χ1v) is 5.55. The molecule has 0 spiro atoms. The highest BCUT2D eigenvalue weighted by Gasteiger charge is 1.84. The lowest BCUT2D eigenvalue weighted by Gasteiger charge is -1.63. The lowest BCUT2D eigenvalue weighted by Crippen LogP contribution is -3.00. The van der Waals surface area contributed by atoms with Crippen molar-refractivity contribution in [2.24, 2.45) is 0 Å². The molecule has 0 aliphatic carbocycles. The zero-order chi connectivity index (χ0) is 3.58. The van der Waals surface area contributed by atoms with Gasteiger partial charge in [-0.25, -0.2) is 0 Å². The van der Waals surface area contributed by atoms with Crippen LogP contribution >= 0.6 is 21.2 Å². The Morgan fingerprint density at radius 1 is 1.40 bits per heavy atom. The van der Waals surface area contributed by atoms with Crippen molar-refractivity contribution in [1.29, 1.82) is 0 Å². The maximum Gasteiger partial charge on any atom is 0.249 e. The second kappa shape index (κ2) is 5.81. The fraction of sp³-hybridized carbons (Fsp3) is 1.00. The summed E-state index contributed by atoms with van der Waals surface area (Å²) >= 11 is 2.37. The van der Waals surface area contributed by atoms with Gasteiger partial charge < -0.3 is 24.0 Å². The van der Waals surface area contributed by atoms with E-state index in [0.29, 0.717) is 8.07 Å². The molecule has 0 aromatic heterocycles. The van der Waals surface area contributed by atoms with Gasteiger partial charge in [-0.15, -0.1) is 0 Å². The molecule has 0 fully saturated rings. The molecule has 0 bridgehead atoms. The molecule has 0 radical (unpaired) electrons. The van der Waals surface area contributed by atoms with E-state index >= 15 is 0 Å². The summed E-state index contributed by atoms with van der Waals surface area (Å²) in [5.74, 6) is 0. The minimum atomic E-state index is 0. The molecular weight excluding hydrogens is 310 g/mol. The average molecular weight is 316 g/mol. The van der Waals surface area contributed by atoms with Gasteiger partial charge in [0, 0.05) is 8.07 Å². The topological polar surface area (TPSA) is 0 Å². The number of hydrogen-bond acceptors (Lipinski definition) is 0. The molecule has 0 saturated carbocycles. The first-order chi connectivity index (χ1) is 1.73. The Balaban J connectivity index is 0. The lowest BCUT2D eigenvalue weighted by atomic mass is 11.9. The van der Waals surface area contributed by atoms with Gasteiger partial charge in [-0.3, -0.25) is 0 Å². The maximum absolute atomic E-state index is 2.37. The van der Waals surface area contributed by atoms with Crippen LogP contribution in [0.3, 0.4) is 0 Å². The molecule has 0 unspecified atom stereocenters. The molecule has 0 N–H and O–H groups in total. The summed E-state index contributed by atoms with van der Waals surface area (Å²) < 4.78 is 0. The van der Waals surface area contributed by atoms with Crippen molar-refractivity contribution in [2.45, 2.75) is 0 Å². The minimum Gasteiger partial charge on any atom is -1.00 e. The molecule has 0 amide bonds. The van der Waals surface area contributed by atoms with E-state index in [1.807, 2.05) is 0 Å². The normalized spacial score (nSPS) is 7.20. The maximum atomic E-state index is 2.37. The summed E-state index contributed by atoms with van der Waals surface area (Å²) in [4.78, 5) is 0. The van der Waals surface area contributed by atoms with Crippen LogP contribution in [0.15, 0.2) is 0 Å². The highest BCUT2D eigenvalue weighted by Crippen LogP contribution is 1.92. The van der Waals surface area contributed by atoms with Crippen LogP contribution in [0, 0.1) is 0 Å². The second-order valence-electron chi connectivity index (χ2n) is 0.717. The van der Waals surface area contributed by atoms with Crippen LogP contribution in [-0.4, -0.2) is 12.5 Å². The number of halogens is 2. The first kappa shape index (κ1) is 9.94. The first-order valence-electron chi connectivity index (χ1n) is 0.971. The molecule has 0 aromatic carbocycles. The van der Waals surface area contributed by atoms with E-state index in [4.69, 9.17) is 0 Å². The van der Waals surface area contributed by atoms with Crippen molar-refractivity contribution in [3.05, 3.63) is 0 Å². The van der Waals surface area contributed by atoms with Gasteiger partial charge in [0.15, 0.2) is 0 Å². The van der Waals surface area contributed by atoms with Gasteiger partial charge in [-0.1, -0.05) is 0 Å². The van der Waals surface area contributed by atoms with Gasteiger partial charge in [-0.05, 0) is 0 Å². The van der Waals surface area contributed by atoms with Gasteiger partial charge in [-0.2, -0.15) is 0 Å². The number of rotatable bonds is 0. The molecule has 5 heavy (non-hydrogen) atoms. The van der Waals surface area contributed by atoms with Gasteiger partial charge in [0.2, 0.25) is 21.2 Å². The minimum absolute atomic E-state index is 0. The predicted octanol–water partition coefficient (Wildman–Crippen LogP) is -1.78. The fourth-order valence-corrected chi connectivity index (χ4v) is 0. The largest absolute Gasteiger partial charge is 1.00 e. The van der Waals surface area contributed by atoms with Gasteiger partial charge >= 0.3 is 0 Å². The van der Waals surface area contributed by atoms with E-state index in [9.17, 15) is 0 Å². The molecular formula is C2H6I2S. The zero-order valence-electron chi connectivity index (χ0n) is 3.16. The van der Waals surface area contributed by atoms with Gasteiger partial charge in [0.1, 0.15) is 12.5 Å².